The van der Waals surface area contributed by atoms with Gasteiger partial charge in [-0.3, -0.25) is 0 Å². The molecule has 168 valence electrons. The van der Waals surface area contributed by atoms with Gasteiger partial charge >= 0.3 is 0 Å². The third-order valence-electron chi connectivity index (χ3n) is 8.81. The molecule has 0 radical (unpaired) electrons. The zero-order chi connectivity index (χ0) is 22.1. The van der Waals surface area contributed by atoms with Crippen LogP contribution in [0.2, 0.25) is 0 Å². The molecule has 0 aromatic heterocycles. The Morgan fingerprint density at radius 3 is 2.40 bits per heavy atom. The fraction of sp³-hybridized carbons (Fsp3) is 0.733. The van der Waals surface area contributed by atoms with Gasteiger partial charge in [0, 0.05) is 0 Å². The zero-order valence-corrected chi connectivity index (χ0v) is 21.1. The molecule has 5 atom stereocenters. The lowest BCUT2D eigenvalue weighted by atomic mass is 9.62. The summed E-state index contributed by atoms with van der Waals surface area (Å²) in [7, 11) is 0. The van der Waals surface area contributed by atoms with Gasteiger partial charge in [-0.15, -0.1) is 0 Å². The molecule has 3 saturated carbocycles. The molecule has 5 unspecified atom stereocenters. The second kappa shape index (κ2) is 9.22. The van der Waals surface area contributed by atoms with Gasteiger partial charge in [-0.1, -0.05) is 88.6 Å². The van der Waals surface area contributed by atoms with Crippen molar-refractivity contribution in [1.82, 2.24) is 0 Å². The lowest BCUT2D eigenvalue weighted by Gasteiger charge is -2.43. The van der Waals surface area contributed by atoms with E-state index in [4.69, 9.17) is 0 Å². The molecule has 3 aliphatic carbocycles. The van der Waals surface area contributed by atoms with Gasteiger partial charge in [-0.25, -0.2) is 0 Å². The number of allylic oxidation sites excluding steroid dienone is 7. The van der Waals surface area contributed by atoms with Crippen LogP contribution in [0.5, 0.6) is 0 Å². The molecule has 30 heavy (non-hydrogen) atoms. The van der Waals surface area contributed by atoms with Gasteiger partial charge in [-0.05, 0) is 99.2 Å². The highest BCUT2D eigenvalue weighted by Gasteiger charge is 2.49. The summed E-state index contributed by atoms with van der Waals surface area (Å²) in [6, 6.07) is 0. The second-order valence-corrected chi connectivity index (χ2v) is 12.4. The molecule has 0 amide bonds. The van der Waals surface area contributed by atoms with E-state index in [9.17, 15) is 0 Å². The van der Waals surface area contributed by atoms with Gasteiger partial charge in [-0.2, -0.15) is 0 Å². The van der Waals surface area contributed by atoms with Crippen molar-refractivity contribution in [3.63, 3.8) is 0 Å². The zero-order valence-electron chi connectivity index (χ0n) is 21.1. The average molecular weight is 409 g/mol. The van der Waals surface area contributed by atoms with E-state index in [0.29, 0.717) is 22.7 Å². The molecule has 3 fully saturated rings. The van der Waals surface area contributed by atoms with Crippen molar-refractivity contribution in [2.75, 3.05) is 0 Å². The van der Waals surface area contributed by atoms with Gasteiger partial charge < -0.3 is 0 Å². The Labute approximate surface area is 188 Å². The molecule has 0 saturated heterocycles. The van der Waals surface area contributed by atoms with E-state index in [0.717, 1.165) is 11.8 Å². The summed E-state index contributed by atoms with van der Waals surface area (Å²) >= 11 is 0. The van der Waals surface area contributed by atoms with Crippen molar-refractivity contribution in [1.29, 1.82) is 0 Å². The molecule has 0 heterocycles. The SMILES string of the molecule is C=C1C(C)CC(=CC=C2CCCC3(C)C(C(C)=CCCC(C)(C)C)CCC23)CC1C. The van der Waals surface area contributed by atoms with Crippen LogP contribution in [-0.2, 0) is 0 Å². The van der Waals surface area contributed by atoms with Crippen molar-refractivity contribution in [3.8, 4) is 0 Å². The normalized spacial score (nSPS) is 36.9. The molecule has 0 aliphatic heterocycles. The fourth-order valence-electron chi connectivity index (χ4n) is 6.84. The van der Waals surface area contributed by atoms with Gasteiger partial charge in [0.1, 0.15) is 0 Å². The summed E-state index contributed by atoms with van der Waals surface area (Å²) in [5.41, 5.74) is 7.45. The minimum atomic E-state index is 0.438. The summed E-state index contributed by atoms with van der Waals surface area (Å²) < 4.78 is 0. The van der Waals surface area contributed by atoms with Crippen LogP contribution in [0.15, 0.2) is 47.1 Å². The molecular formula is C30H48. The summed E-state index contributed by atoms with van der Waals surface area (Å²) in [4.78, 5) is 0. The lowest BCUT2D eigenvalue weighted by molar-refractivity contribution is 0.155. The van der Waals surface area contributed by atoms with Crippen molar-refractivity contribution in [2.45, 2.75) is 106 Å². The summed E-state index contributed by atoms with van der Waals surface area (Å²) in [6.07, 6.45) is 19.5. The molecule has 3 rings (SSSR count). The van der Waals surface area contributed by atoms with Crippen molar-refractivity contribution in [3.05, 3.63) is 47.1 Å². The van der Waals surface area contributed by atoms with Crippen molar-refractivity contribution in [2.24, 2.45) is 34.5 Å². The van der Waals surface area contributed by atoms with E-state index in [1.165, 1.54) is 63.4 Å². The summed E-state index contributed by atoms with van der Waals surface area (Å²) in [5, 5.41) is 0. The number of rotatable bonds is 4. The van der Waals surface area contributed by atoms with E-state index in [2.05, 4.69) is 73.3 Å². The highest BCUT2D eigenvalue weighted by atomic mass is 14.5. The predicted molar refractivity (Wildman–Crippen MR) is 133 cm³/mol. The molecule has 0 aromatic rings. The van der Waals surface area contributed by atoms with Crippen LogP contribution in [0.25, 0.3) is 0 Å². The Morgan fingerprint density at radius 1 is 1.10 bits per heavy atom. The predicted octanol–water partition coefficient (Wildman–Crippen LogP) is 9.45. The van der Waals surface area contributed by atoms with Crippen LogP contribution in [0, 0.1) is 34.5 Å². The molecule has 0 spiro atoms. The van der Waals surface area contributed by atoms with Crippen molar-refractivity contribution >= 4 is 0 Å². The third-order valence-corrected chi connectivity index (χ3v) is 8.81. The Morgan fingerprint density at radius 2 is 1.77 bits per heavy atom. The molecule has 0 heteroatoms. The minimum absolute atomic E-state index is 0.438. The third kappa shape index (κ3) is 5.23. The fourth-order valence-corrected chi connectivity index (χ4v) is 6.84. The van der Waals surface area contributed by atoms with Crippen LogP contribution < -0.4 is 0 Å². The summed E-state index contributed by atoms with van der Waals surface area (Å²) in [5.74, 6) is 2.88. The van der Waals surface area contributed by atoms with Gasteiger partial charge in [0.2, 0.25) is 0 Å². The minimum Gasteiger partial charge on any atom is -0.0993 e. The first-order valence-corrected chi connectivity index (χ1v) is 12.7. The highest BCUT2D eigenvalue weighted by Crippen LogP contribution is 2.59. The lowest BCUT2D eigenvalue weighted by Crippen LogP contribution is -2.33. The van der Waals surface area contributed by atoms with E-state index >= 15 is 0 Å². The standard InChI is InChI=1S/C30H48/c1-21(11-9-17-29(5,6)7)27-15-16-28-26(12-10-18-30(27,28)8)14-13-25-19-22(2)24(4)23(3)20-25/h11,13-14,22-23,27-28H,4,9-10,12,15-20H2,1-3,5-8H3. The maximum Gasteiger partial charge on any atom is -0.0140 e. The average Bonchev–Trinajstić information content (AvgIpc) is 3.00. The Kier molecular flexibility index (Phi) is 7.26. The number of fused-ring (bicyclic) bond motifs is 1. The van der Waals surface area contributed by atoms with Gasteiger partial charge in [0.25, 0.3) is 0 Å². The van der Waals surface area contributed by atoms with Gasteiger partial charge in [0.05, 0.1) is 0 Å². The Bertz CT molecular complexity index is 706. The maximum atomic E-state index is 4.32. The van der Waals surface area contributed by atoms with Crippen molar-refractivity contribution < 1.29 is 0 Å². The second-order valence-electron chi connectivity index (χ2n) is 12.4. The van der Waals surface area contributed by atoms with Crippen LogP contribution in [-0.4, -0.2) is 0 Å². The molecule has 0 N–H and O–H groups in total. The Balaban J connectivity index is 1.73. The highest BCUT2D eigenvalue weighted by molar-refractivity contribution is 5.29. The first kappa shape index (κ1) is 23.6. The van der Waals surface area contributed by atoms with Crippen LogP contribution >= 0.6 is 0 Å². The largest absolute Gasteiger partial charge is 0.0993 e. The monoisotopic (exact) mass is 408 g/mol. The molecule has 0 bridgehead atoms. The smallest absolute Gasteiger partial charge is 0.0140 e. The number of hydrogen-bond acceptors (Lipinski definition) is 0. The molecular weight excluding hydrogens is 360 g/mol. The van der Waals surface area contributed by atoms with Crippen LogP contribution in [0.4, 0.5) is 0 Å². The summed E-state index contributed by atoms with van der Waals surface area (Å²) in [6.45, 7) is 21.2. The van der Waals surface area contributed by atoms with E-state index in [1.54, 1.807) is 16.7 Å². The number of hydrogen-bond donors (Lipinski definition) is 0. The molecule has 0 nitrogen and oxygen atoms in total. The first-order valence-electron chi connectivity index (χ1n) is 12.7. The topological polar surface area (TPSA) is 0 Å². The van der Waals surface area contributed by atoms with Crippen LogP contribution in [0.1, 0.15) is 106 Å². The Hall–Kier alpha value is -1.04. The molecule has 0 aromatic carbocycles. The maximum absolute atomic E-state index is 4.32. The van der Waals surface area contributed by atoms with Gasteiger partial charge in [0.15, 0.2) is 0 Å². The van der Waals surface area contributed by atoms with Crippen LogP contribution in [0.3, 0.4) is 0 Å². The quantitative estimate of drug-likeness (QED) is 0.406. The molecule has 3 aliphatic rings. The first-order chi connectivity index (χ1) is 14.0. The van der Waals surface area contributed by atoms with E-state index in [1.807, 2.05) is 0 Å². The van der Waals surface area contributed by atoms with E-state index in [-0.39, 0.29) is 0 Å². The van der Waals surface area contributed by atoms with E-state index < -0.39 is 0 Å².